The fourth-order valence-electron chi connectivity index (χ4n) is 2.92. The molecular weight excluding hydrogens is 465 g/mol. The van der Waals surface area contributed by atoms with Crippen molar-refractivity contribution in [2.24, 2.45) is 4.99 Å². The number of nitrogens with one attached hydrogen (secondary N) is 2. The number of anilines is 1. The first kappa shape index (κ1) is 24.3. The van der Waals surface area contributed by atoms with Gasteiger partial charge < -0.3 is 20.4 Å². The number of nitrogens with zero attached hydrogens (tertiary/aromatic N) is 3. The number of aliphatic imine (C=N–C) groups is 1. The first-order valence-corrected chi connectivity index (χ1v) is 9.58. The second kappa shape index (κ2) is 11.3. The summed E-state index contributed by atoms with van der Waals surface area (Å²) in [5.74, 6) is 0.717. The highest BCUT2D eigenvalue weighted by molar-refractivity contribution is 14.0. The fourth-order valence-corrected chi connectivity index (χ4v) is 2.92. The Hall–Kier alpha value is -1.77. The van der Waals surface area contributed by atoms with Crippen LogP contribution in [-0.4, -0.2) is 55.5 Å². The molecule has 1 aliphatic heterocycles. The highest BCUT2D eigenvalue weighted by Gasteiger charge is 2.16. The largest absolute Gasteiger partial charge is 0.364 e. The summed E-state index contributed by atoms with van der Waals surface area (Å²) in [5.41, 5.74) is 2.14. The molecule has 1 aromatic rings. The normalized spacial score (nSPS) is 13.9. The molecule has 0 saturated carbocycles. The van der Waals surface area contributed by atoms with E-state index >= 15 is 0 Å². The molecule has 0 unspecified atom stereocenters. The van der Waals surface area contributed by atoms with Crippen LogP contribution in [0.2, 0.25) is 0 Å². The smallest absolute Gasteiger partial charge is 0.240 e. The van der Waals surface area contributed by atoms with Gasteiger partial charge in [0.1, 0.15) is 0 Å². The molecule has 0 aromatic heterocycles. The van der Waals surface area contributed by atoms with E-state index in [1.165, 1.54) is 5.69 Å². The predicted octanol–water partition coefficient (Wildman–Crippen LogP) is 2.99. The number of guanidine groups is 1. The van der Waals surface area contributed by atoms with Gasteiger partial charge in [-0.05, 0) is 45.4 Å². The van der Waals surface area contributed by atoms with Crippen LogP contribution in [-0.2, 0) is 11.3 Å². The molecule has 2 N–H and O–H groups in total. The summed E-state index contributed by atoms with van der Waals surface area (Å²) in [4.78, 5) is 21.1. The van der Waals surface area contributed by atoms with E-state index in [0.717, 1.165) is 31.2 Å². The van der Waals surface area contributed by atoms with Crippen LogP contribution in [0.5, 0.6) is 0 Å². The van der Waals surface area contributed by atoms with Crippen LogP contribution in [0.3, 0.4) is 0 Å². The van der Waals surface area contributed by atoms with Gasteiger partial charge in [-0.25, -0.2) is 4.99 Å². The molecule has 7 heteroatoms. The van der Waals surface area contributed by atoms with E-state index in [0.29, 0.717) is 6.54 Å². The second-order valence-electron chi connectivity index (χ2n) is 7.87. The maximum Gasteiger partial charge on any atom is 0.240 e. The van der Waals surface area contributed by atoms with Gasteiger partial charge in [0.05, 0.1) is 13.1 Å². The van der Waals surface area contributed by atoms with Crippen LogP contribution >= 0.6 is 24.0 Å². The maximum atomic E-state index is 12.2. The summed E-state index contributed by atoms with van der Waals surface area (Å²) in [7, 11) is 1.88. The Balaban J connectivity index is 0.00000392. The Labute approximate surface area is 186 Å². The minimum atomic E-state index is -0.238. The van der Waals surface area contributed by atoms with Crippen molar-refractivity contribution in [2.45, 2.75) is 39.8 Å². The molecule has 0 radical (unpaired) electrons. The number of hydrogen-bond acceptors (Lipinski definition) is 3. The SMILES string of the molecule is CCNC(=NCc1cccc(N2CC=CC2)c1)N(C)CC(=O)NC(C)(C)C.I. The molecule has 0 bridgehead atoms. The molecular formula is C21H34IN5O. The summed E-state index contributed by atoms with van der Waals surface area (Å²) >= 11 is 0. The van der Waals surface area contributed by atoms with Gasteiger partial charge in [-0.2, -0.15) is 0 Å². The zero-order valence-corrected chi connectivity index (χ0v) is 20.0. The van der Waals surface area contributed by atoms with Crippen LogP contribution in [0, 0.1) is 0 Å². The molecule has 0 fully saturated rings. The first-order chi connectivity index (χ1) is 12.8. The van der Waals surface area contributed by atoms with Gasteiger partial charge >= 0.3 is 0 Å². The van der Waals surface area contributed by atoms with Crippen LogP contribution in [0.25, 0.3) is 0 Å². The van der Waals surface area contributed by atoms with Crippen molar-refractivity contribution in [3.05, 3.63) is 42.0 Å². The highest BCUT2D eigenvalue weighted by atomic mass is 127. The Bertz CT molecular complexity index is 688. The Morgan fingerprint density at radius 1 is 1.25 bits per heavy atom. The molecule has 0 spiro atoms. The molecule has 28 heavy (non-hydrogen) atoms. The van der Waals surface area contributed by atoms with Gasteiger partial charge in [0.25, 0.3) is 0 Å². The second-order valence-corrected chi connectivity index (χ2v) is 7.87. The van der Waals surface area contributed by atoms with Crippen molar-refractivity contribution in [2.75, 3.05) is 38.1 Å². The molecule has 1 amide bonds. The zero-order chi connectivity index (χ0) is 19.9. The van der Waals surface area contributed by atoms with Crippen LogP contribution < -0.4 is 15.5 Å². The number of rotatable bonds is 6. The summed E-state index contributed by atoms with van der Waals surface area (Å²) in [6, 6.07) is 8.49. The molecule has 1 aromatic carbocycles. The van der Waals surface area contributed by atoms with Gasteiger partial charge in [0.15, 0.2) is 5.96 Å². The molecule has 0 saturated heterocycles. The maximum absolute atomic E-state index is 12.2. The van der Waals surface area contributed by atoms with Gasteiger partial charge in [0.2, 0.25) is 5.91 Å². The average molecular weight is 499 g/mol. The van der Waals surface area contributed by atoms with Crippen LogP contribution in [0.4, 0.5) is 5.69 Å². The summed E-state index contributed by atoms with van der Waals surface area (Å²) in [6.45, 7) is 11.5. The van der Waals surface area contributed by atoms with E-state index in [9.17, 15) is 4.79 Å². The van der Waals surface area contributed by atoms with Crippen molar-refractivity contribution in [1.29, 1.82) is 0 Å². The van der Waals surface area contributed by atoms with Gasteiger partial charge in [0, 0.05) is 37.9 Å². The Morgan fingerprint density at radius 3 is 2.54 bits per heavy atom. The van der Waals surface area contributed by atoms with Crippen molar-refractivity contribution >= 4 is 41.5 Å². The number of carbonyl (C=O) groups excluding carboxylic acids is 1. The van der Waals surface area contributed by atoms with E-state index in [2.05, 4.69) is 52.0 Å². The lowest BCUT2D eigenvalue weighted by atomic mass is 10.1. The topological polar surface area (TPSA) is 60.0 Å². The number of amides is 1. The summed E-state index contributed by atoms with van der Waals surface area (Å²) in [5, 5.41) is 6.25. The van der Waals surface area contributed by atoms with Crippen LogP contribution in [0.1, 0.15) is 33.3 Å². The third-order valence-electron chi connectivity index (χ3n) is 4.10. The predicted molar refractivity (Wildman–Crippen MR) is 129 cm³/mol. The van der Waals surface area contributed by atoms with E-state index in [1.807, 2.05) is 39.6 Å². The summed E-state index contributed by atoms with van der Waals surface area (Å²) in [6.07, 6.45) is 4.37. The molecule has 1 heterocycles. The van der Waals surface area contributed by atoms with Crippen molar-refractivity contribution in [3.63, 3.8) is 0 Å². The molecule has 6 nitrogen and oxygen atoms in total. The van der Waals surface area contributed by atoms with Crippen molar-refractivity contribution < 1.29 is 4.79 Å². The monoisotopic (exact) mass is 499 g/mol. The van der Waals surface area contributed by atoms with E-state index < -0.39 is 0 Å². The number of benzene rings is 1. The lowest BCUT2D eigenvalue weighted by Crippen LogP contribution is -2.48. The lowest BCUT2D eigenvalue weighted by molar-refractivity contribution is -0.122. The zero-order valence-electron chi connectivity index (χ0n) is 17.7. The minimum Gasteiger partial charge on any atom is -0.364 e. The lowest BCUT2D eigenvalue weighted by Gasteiger charge is -2.25. The minimum absolute atomic E-state index is 0. The van der Waals surface area contributed by atoms with Gasteiger partial charge in [-0.1, -0.05) is 24.3 Å². The quantitative estimate of drug-likeness (QED) is 0.274. The molecule has 0 aliphatic carbocycles. The fraction of sp³-hybridized carbons (Fsp3) is 0.524. The molecule has 2 rings (SSSR count). The van der Waals surface area contributed by atoms with Gasteiger partial charge in [-0.15, -0.1) is 24.0 Å². The van der Waals surface area contributed by atoms with Crippen LogP contribution in [0.15, 0.2) is 41.4 Å². The third kappa shape index (κ3) is 8.08. The van der Waals surface area contributed by atoms with E-state index in [1.54, 1.807) is 0 Å². The number of halogens is 1. The standard InChI is InChI=1S/C21H33N5O.HI/c1-6-22-20(25(5)16-19(27)24-21(2,3)4)23-15-17-10-9-11-18(14-17)26-12-7-8-13-26;/h7-11,14H,6,12-13,15-16H2,1-5H3,(H,22,23)(H,24,27);1H. The average Bonchev–Trinajstić information content (AvgIpc) is 3.11. The van der Waals surface area contributed by atoms with Crippen molar-refractivity contribution in [1.82, 2.24) is 15.5 Å². The van der Waals surface area contributed by atoms with Gasteiger partial charge in [-0.3, -0.25) is 4.79 Å². The molecule has 156 valence electrons. The first-order valence-electron chi connectivity index (χ1n) is 9.58. The van der Waals surface area contributed by atoms with Crippen molar-refractivity contribution in [3.8, 4) is 0 Å². The molecule has 0 atom stereocenters. The number of hydrogen-bond donors (Lipinski definition) is 2. The number of likely N-dealkylation sites (N-methyl/N-ethyl adjacent to an activating group) is 1. The van der Waals surface area contributed by atoms with E-state index in [4.69, 9.17) is 4.99 Å². The Morgan fingerprint density at radius 2 is 1.93 bits per heavy atom. The third-order valence-corrected chi connectivity index (χ3v) is 4.10. The number of carbonyl (C=O) groups is 1. The Kier molecular flexibility index (Phi) is 9.78. The molecule has 1 aliphatic rings. The highest BCUT2D eigenvalue weighted by Crippen LogP contribution is 2.19. The summed E-state index contributed by atoms with van der Waals surface area (Å²) < 4.78 is 0. The van der Waals surface area contributed by atoms with E-state index in [-0.39, 0.29) is 42.0 Å².